The summed E-state index contributed by atoms with van der Waals surface area (Å²) in [7, 11) is 0. The van der Waals surface area contributed by atoms with Gasteiger partial charge in [0.15, 0.2) is 0 Å². The second-order valence-corrected chi connectivity index (χ2v) is 7.88. The van der Waals surface area contributed by atoms with Gasteiger partial charge in [-0.3, -0.25) is 9.59 Å². The predicted molar refractivity (Wildman–Crippen MR) is 109 cm³/mol. The molecule has 1 aliphatic rings. The number of carbonyl (C=O) groups excluding carboxylic acids is 2. The third-order valence-electron chi connectivity index (χ3n) is 5.13. The summed E-state index contributed by atoms with van der Waals surface area (Å²) >= 11 is 3.50. The highest BCUT2D eigenvalue weighted by Crippen LogP contribution is 2.30. The molecule has 4 nitrogen and oxygen atoms in total. The van der Waals surface area contributed by atoms with Gasteiger partial charge in [0, 0.05) is 28.8 Å². The van der Waals surface area contributed by atoms with Crippen LogP contribution < -0.4 is 10.2 Å². The van der Waals surface area contributed by atoms with Crippen LogP contribution in [0.1, 0.15) is 28.7 Å². The van der Waals surface area contributed by atoms with Crippen LogP contribution in [0, 0.1) is 33.6 Å². The van der Waals surface area contributed by atoms with E-state index in [1.807, 2.05) is 58.0 Å². The molecule has 0 unspecified atom stereocenters. The molecule has 136 valence electrons. The summed E-state index contributed by atoms with van der Waals surface area (Å²) in [6.07, 6.45) is 0.244. The molecule has 26 heavy (non-hydrogen) atoms. The fourth-order valence-electron chi connectivity index (χ4n) is 3.28. The van der Waals surface area contributed by atoms with Gasteiger partial charge in [-0.1, -0.05) is 28.1 Å². The Kier molecular flexibility index (Phi) is 5.19. The molecule has 1 N–H and O–H groups in total. The van der Waals surface area contributed by atoms with E-state index in [4.69, 9.17) is 0 Å². The normalized spacial score (nSPS) is 16.9. The summed E-state index contributed by atoms with van der Waals surface area (Å²) in [6, 6.07) is 9.88. The van der Waals surface area contributed by atoms with E-state index in [2.05, 4.69) is 21.2 Å². The van der Waals surface area contributed by atoms with Crippen molar-refractivity contribution in [3.8, 4) is 0 Å². The van der Waals surface area contributed by atoms with Crippen LogP contribution in [0.3, 0.4) is 0 Å². The Bertz CT molecular complexity index is 892. The van der Waals surface area contributed by atoms with Gasteiger partial charge in [-0.2, -0.15) is 0 Å². The fourth-order valence-corrected chi connectivity index (χ4v) is 3.71. The van der Waals surface area contributed by atoms with Crippen LogP contribution >= 0.6 is 15.9 Å². The molecule has 2 aromatic rings. The van der Waals surface area contributed by atoms with E-state index in [0.717, 1.165) is 38.1 Å². The van der Waals surface area contributed by atoms with Crippen molar-refractivity contribution in [1.29, 1.82) is 0 Å². The van der Waals surface area contributed by atoms with Crippen molar-refractivity contribution in [1.82, 2.24) is 0 Å². The Morgan fingerprint density at radius 1 is 1.12 bits per heavy atom. The average Bonchev–Trinajstić information content (AvgIpc) is 2.99. The largest absolute Gasteiger partial charge is 0.326 e. The van der Waals surface area contributed by atoms with Crippen LogP contribution in [-0.2, 0) is 9.59 Å². The maximum absolute atomic E-state index is 12.7. The SMILES string of the molecule is Cc1ccc(C)c(N2C[C@H](C(=O)Nc3ccc(Br)c(C)c3C)CC2=O)c1. The lowest BCUT2D eigenvalue weighted by Crippen LogP contribution is -2.28. The van der Waals surface area contributed by atoms with Gasteiger partial charge in [0.1, 0.15) is 0 Å². The maximum atomic E-state index is 12.7. The number of hydrogen-bond donors (Lipinski definition) is 1. The van der Waals surface area contributed by atoms with E-state index in [1.54, 1.807) is 4.90 Å². The second-order valence-electron chi connectivity index (χ2n) is 7.03. The first-order valence-corrected chi connectivity index (χ1v) is 9.51. The first kappa shape index (κ1) is 18.6. The third kappa shape index (κ3) is 3.54. The lowest BCUT2D eigenvalue weighted by atomic mass is 10.1. The molecule has 5 heteroatoms. The Morgan fingerprint density at radius 3 is 2.58 bits per heavy atom. The van der Waals surface area contributed by atoms with E-state index < -0.39 is 0 Å². The summed E-state index contributed by atoms with van der Waals surface area (Å²) in [6.45, 7) is 8.41. The number of halogens is 1. The molecule has 0 aromatic heterocycles. The number of nitrogens with one attached hydrogen (secondary N) is 1. The van der Waals surface area contributed by atoms with Gasteiger partial charge in [-0.15, -0.1) is 0 Å². The number of benzene rings is 2. The molecule has 1 fully saturated rings. The minimum Gasteiger partial charge on any atom is -0.326 e. The summed E-state index contributed by atoms with van der Waals surface area (Å²) in [5.41, 5.74) is 5.98. The molecular formula is C21H23BrN2O2. The van der Waals surface area contributed by atoms with Crippen molar-refractivity contribution in [2.75, 3.05) is 16.8 Å². The third-order valence-corrected chi connectivity index (χ3v) is 5.99. The van der Waals surface area contributed by atoms with Crippen molar-refractivity contribution >= 4 is 39.1 Å². The summed E-state index contributed by atoms with van der Waals surface area (Å²) in [4.78, 5) is 27.0. The van der Waals surface area contributed by atoms with Crippen LogP contribution in [0.2, 0.25) is 0 Å². The molecule has 2 aromatic carbocycles. The standard InChI is InChI=1S/C21H23BrN2O2/c1-12-5-6-13(2)19(9-12)24-11-16(10-20(24)25)21(26)23-18-8-7-17(22)14(3)15(18)4/h5-9,16H,10-11H2,1-4H3,(H,23,26)/t16-/m1/s1. The van der Waals surface area contributed by atoms with Crippen molar-refractivity contribution in [3.63, 3.8) is 0 Å². The summed E-state index contributed by atoms with van der Waals surface area (Å²) < 4.78 is 1.02. The number of amides is 2. The number of anilines is 2. The molecule has 1 aliphatic heterocycles. The summed E-state index contributed by atoms with van der Waals surface area (Å²) in [5.74, 6) is -0.440. The molecule has 0 radical (unpaired) electrons. The van der Waals surface area contributed by atoms with Crippen LogP contribution in [0.5, 0.6) is 0 Å². The number of nitrogens with zero attached hydrogens (tertiary/aromatic N) is 1. The van der Waals surface area contributed by atoms with Gasteiger partial charge < -0.3 is 10.2 Å². The van der Waals surface area contributed by atoms with Crippen LogP contribution in [0.25, 0.3) is 0 Å². The van der Waals surface area contributed by atoms with Gasteiger partial charge in [0.05, 0.1) is 5.92 Å². The fraction of sp³-hybridized carbons (Fsp3) is 0.333. The van der Waals surface area contributed by atoms with Crippen molar-refractivity contribution in [3.05, 3.63) is 57.1 Å². The van der Waals surface area contributed by atoms with Gasteiger partial charge >= 0.3 is 0 Å². The Labute approximate surface area is 162 Å². The minimum absolute atomic E-state index is 0.00237. The van der Waals surface area contributed by atoms with Crippen molar-refractivity contribution in [2.24, 2.45) is 5.92 Å². The highest BCUT2D eigenvalue weighted by molar-refractivity contribution is 9.10. The topological polar surface area (TPSA) is 49.4 Å². The first-order chi connectivity index (χ1) is 12.3. The van der Waals surface area contributed by atoms with Gasteiger partial charge in [-0.05, 0) is 68.1 Å². The average molecular weight is 415 g/mol. The Morgan fingerprint density at radius 2 is 1.85 bits per heavy atom. The van der Waals surface area contributed by atoms with Crippen LogP contribution in [-0.4, -0.2) is 18.4 Å². The molecule has 3 rings (SSSR count). The Hall–Kier alpha value is -2.14. The molecule has 0 saturated carbocycles. The lowest BCUT2D eigenvalue weighted by Gasteiger charge is -2.20. The predicted octanol–water partition coefficient (Wildman–Crippen LogP) is 4.67. The highest BCUT2D eigenvalue weighted by Gasteiger charge is 2.35. The molecule has 1 heterocycles. The summed E-state index contributed by atoms with van der Waals surface area (Å²) in [5, 5.41) is 3.00. The van der Waals surface area contributed by atoms with E-state index in [1.165, 1.54) is 0 Å². The molecule has 0 spiro atoms. The van der Waals surface area contributed by atoms with E-state index in [0.29, 0.717) is 6.54 Å². The molecule has 2 amide bonds. The smallest absolute Gasteiger partial charge is 0.229 e. The van der Waals surface area contributed by atoms with E-state index >= 15 is 0 Å². The lowest BCUT2D eigenvalue weighted by molar-refractivity contribution is -0.122. The van der Waals surface area contributed by atoms with Gasteiger partial charge in [-0.25, -0.2) is 0 Å². The van der Waals surface area contributed by atoms with E-state index in [-0.39, 0.29) is 24.2 Å². The second kappa shape index (κ2) is 7.23. The minimum atomic E-state index is -0.342. The van der Waals surface area contributed by atoms with Gasteiger partial charge in [0.2, 0.25) is 11.8 Å². The zero-order valence-electron chi connectivity index (χ0n) is 15.5. The molecule has 0 bridgehead atoms. The van der Waals surface area contributed by atoms with Crippen molar-refractivity contribution < 1.29 is 9.59 Å². The molecular weight excluding hydrogens is 392 g/mol. The number of hydrogen-bond acceptors (Lipinski definition) is 2. The molecule has 1 saturated heterocycles. The maximum Gasteiger partial charge on any atom is 0.229 e. The van der Waals surface area contributed by atoms with Gasteiger partial charge in [0.25, 0.3) is 0 Å². The van der Waals surface area contributed by atoms with E-state index in [9.17, 15) is 9.59 Å². The number of rotatable bonds is 3. The molecule has 1 atom stereocenters. The van der Waals surface area contributed by atoms with Crippen LogP contribution in [0.4, 0.5) is 11.4 Å². The quantitative estimate of drug-likeness (QED) is 0.792. The number of aryl methyl sites for hydroxylation is 2. The Balaban J connectivity index is 1.77. The first-order valence-electron chi connectivity index (χ1n) is 8.72. The zero-order valence-corrected chi connectivity index (χ0v) is 17.1. The molecule has 0 aliphatic carbocycles. The monoisotopic (exact) mass is 414 g/mol. The zero-order chi connectivity index (χ0) is 19.0. The number of carbonyl (C=O) groups is 2. The van der Waals surface area contributed by atoms with Crippen LogP contribution in [0.15, 0.2) is 34.8 Å². The highest BCUT2D eigenvalue weighted by atomic mass is 79.9. The van der Waals surface area contributed by atoms with Crippen molar-refractivity contribution in [2.45, 2.75) is 34.1 Å².